The van der Waals surface area contributed by atoms with Gasteiger partial charge in [0.2, 0.25) is 0 Å². The third kappa shape index (κ3) is 3.38. The Kier molecular flexibility index (Phi) is 5.16. The highest BCUT2D eigenvalue weighted by atomic mass is 16.5. The summed E-state index contributed by atoms with van der Waals surface area (Å²) in [6.45, 7) is 9.92. The molecular weight excluding hydrogens is 252 g/mol. The smallest absolute Gasteiger partial charge is 0.0842 e. The first-order valence-electron chi connectivity index (χ1n) is 7.77. The molecule has 1 aliphatic rings. The van der Waals surface area contributed by atoms with Crippen LogP contribution < -0.4 is 5.32 Å². The van der Waals surface area contributed by atoms with Crippen LogP contribution in [0.1, 0.15) is 39.8 Å². The average molecular weight is 280 g/mol. The summed E-state index contributed by atoms with van der Waals surface area (Å²) in [6, 6.07) is 0.404. The van der Waals surface area contributed by atoms with E-state index in [4.69, 9.17) is 4.74 Å². The summed E-state index contributed by atoms with van der Waals surface area (Å²) in [5, 5.41) is 12.0. The number of aryl methyl sites for hydroxylation is 1. The molecule has 1 aliphatic heterocycles. The number of ether oxygens (including phenoxy) is 1. The van der Waals surface area contributed by atoms with E-state index in [0.717, 1.165) is 25.1 Å². The van der Waals surface area contributed by atoms with Gasteiger partial charge in [-0.2, -0.15) is 0 Å². The van der Waals surface area contributed by atoms with Gasteiger partial charge in [-0.05, 0) is 32.7 Å². The molecule has 1 N–H and O–H groups in total. The summed E-state index contributed by atoms with van der Waals surface area (Å²) in [5.74, 6) is 1.09. The van der Waals surface area contributed by atoms with Gasteiger partial charge in [0.1, 0.15) is 0 Å². The highest BCUT2D eigenvalue weighted by Crippen LogP contribution is 2.35. The van der Waals surface area contributed by atoms with Gasteiger partial charge in [-0.1, -0.05) is 19.1 Å². The maximum absolute atomic E-state index is 6.01. The third-order valence-corrected chi connectivity index (χ3v) is 4.52. The zero-order valence-electron chi connectivity index (χ0n) is 13.3. The number of nitrogens with zero attached hydrogens (tertiary/aromatic N) is 3. The molecule has 2 rings (SSSR count). The van der Waals surface area contributed by atoms with Gasteiger partial charge in [0.05, 0.1) is 17.9 Å². The minimum atomic E-state index is 0.297. The fourth-order valence-corrected chi connectivity index (χ4v) is 3.38. The van der Waals surface area contributed by atoms with Crippen molar-refractivity contribution in [3.63, 3.8) is 0 Å². The summed E-state index contributed by atoms with van der Waals surface area (Å²) in [6.07, 6.45) is 4.70. The van der Waals surface area contributed by atoms with Crippen LogP contribution in [-0.2, 0) is 18.2 Å². The maximum atomic E-state index is 6.01. The zero-order chi connectivity index (χ0) is 14.7. The first kappa shape index (κ1) is 15.4. The van der Waals surface area contributed by atoms with Crippen molar-refractivity contribution in [1.29, 1.82) is 0 Å². The van der Waals surface area contributed by atoms with Gasteiger partial charge in [-0.15, -0.1) is 5.10 Å². The van der Waals surface area contributed by atoms with Crippen LogP contribution in [-0.4, -0.2) is 39.8 Å². The normalized spacial score (nSPS) is 31.6. The Balaban J connectivity index is 2.10. The number of rotatable bonds is 6. The molecule has 0 saturated carbocycles. The van der Waals surface area contributed by atoms with Crippen LogP contribution in [0.5, 0.6) is 0 Å². The number of nitrogens with one attached hydrogen (secondary N) is 1. The minimum Gasteiger partial charge on any atom is -0.375 e. The quantitative estimate of drug-likeness (QED) is 0.863. The Labute approximate surface area is 122 Å². The summed E-state index contributed by atoms with van der Waals surface area (Å²) < 4.78 is 7.78. The highest BCUT2D eigenvalue weighted by molar-refractivity contribution is 5.01. The third-order valence-electron chi connectivity index (χ3n) is 4.52. The van der Waals surface area contributed by atoms with E-state index in [1.165, 1.54) is 0 Å². The molecule has 114 valence electrons. The molecule has 5 unspecified atom stereocenters. The van der Waals surface area contributed by atoms with Gasteiger partial charge >= 0.3 is 0 Å². The van der Waals surface area contributed by atoms with Crippen LogP contribution in [0.15, 0.2) is 6.20 Å². The van der Waals surface area contributed by atoms with E-state index in [1.807, 2.05) is 13.2 Å². The monoisotopic (exact) mass is 280 g/mol. The summed E-state index contributed by atoms with van der Waals surface area (Å²) in [4.78, 5) is 0. The van der Waals surface area contributed by atoms with Gasteiger partial charge < -0.3 is 10.1 Å². The Morgan fingerprint density at radius 3 is 2.60 bits per heavy atom. The maximum Gasteiger partial charge on any atom is 0.0842 e. The molecule has 5 nitrogen and oxygen atoms in total. The Bertz CT molecular complexity index is 420. The fraction of sp³-hybridized carbons (Fsp3) is 0.867. The van der Waals surface area contributed by atoms with E-state index in [1.54, 1.807) is 4.68 Å². The molecule has 0 bridgehead atoms. The second kappa shape index (κ2) is 6.68. The summed E-state index contributed by atoms with van der Waals surface area (Å²) >= 11 is 0. The van der Waals surface area contributed by atoms with E-state index < -0.39 is 0 Å². The second-order valence-corrected chi connectivity index (χ2v) is 6.13. The molecule has 20 heavy (non-hydrogen) atoms. The van der Waals surface area contributed by atoms with Crippen LogP contribution in [0.4, 0.5) is 0 Å². The molecule has 1 saturated heterocycles. The van der Waals surface area contributed by atoms with E-state index in [9.17, 15) is 0 Å². The molecule has 0 spiro atoms. The zero-order valence-corrected chi connectivity index (χ0v) is 13.3. The molecule has 0 radical (unpaired) electrons. The predicted octanol–water partition coefficient (Wildman–Crippen LogP) is 1.79. The second-order valence-electron chi connectivity index (χ2n) is 6.13. The lowest BCUT2D eigenvalue weighted by atomic mass is 9.81. The van der Waals surface area contributed by atoms with Gasteiger partial charge in [0.15, 0.2) is 0 Å². The first-order chi connectivity index (χ1) is 9.52. The molecule has 0 aliphatic carbocycles. The lowest BCUT2D eigenvalue weighted by Crippen LogP contribution is -2.43. The predicted molar refractivity (Wildman–Crippen MR) is 79.5 cm³/mol. The molecule has 0 amide bonds. The summed E-state index contributed by atoms with van der Waals surface area (Å²) in [5.41, 5.74) is 1.06. The van der Waals surface area contributed by atoms with Crippen molar-refractivity contribution in [3.8, 4) is 0 Å². The number of hydrogen-bond acceptors (Lipinski definition) is 4. The molecule has 2 heterocycles. The SMILES string of the molecule is CCCNC(Cc1cn(C)nn1)C1C(C)OC(C)C1C. The lowest BCUT2D eigenvalue weighted by molar-refractivity contribution is 0.0475. The number of hydrogen-bond donors (Lipinski definition) is 1. The van der Waals surface area contributed by atoms with Crippen LogP contribution in [0.25, 0.3) is 0 Å². The molecular formula is C15H28N4O. The molecule has 5 atom stereocenters. The summed E-state index contributed by atoms with van der Waals surface area (Å²) in [7, 11) is 1.91. The fourth-order valence-electron chi connectivity index (χ4n) is 3.38. The van der Waals surface area contributed by atoms with Gasteiger partial charge in [-0.25, -0.2) is 0 Å². The van der Waals surface area contributed by atoms with Crippen molar-refractivity contribution in [2.24, 2.45) is 18.9 Å². The van der Waals surface area contributed by atoms with Crippen molar-refractivity contribution in [1.82, 2.24) is 20.3 Å². The van der Waals surface area contributed by atoms with E-state index >= 15 is 0 Å². The first-order valence-corrected chi connectivity index (χ1v) is 7.77. The van der Waals surface area contributed by atoms with Crippen LogP contribution in [0.3, 0.4) is 0 Å². The molecule has 1 aromatic heterocycles. The van der Waals surface area contributed by atoms with Gasteiger partial charge in [-0.3, -0.25) is 4.68 Å². The largest absolute Gasteiger partial charge is 0.375 e. The van der Waals surface area contributed by atoms with Gasteiger partial charge in [0, 0.05) is 31.6 Å². The Morgan fingerprint density at radius 1 is 1.35 bits per heavy atom. The highest BCUT2D eigenvalue weighted by Gasteiger charge is 2.41. The topological polar surface area (TPSA) is 52.0 Å². The van der Waals surface area contributed by atoms with Crippen molar-refractivity contribution in [2.45, 2.75) is 58.8 Å². The van der Waals surface area contributed by atoms with Crippen molar-refractivity contribution < 1.29 is 4.74 Å². The van der Waals surface area contributed by atoms with E-state index in [-0.39, 0.29) is 0 Å². The van der Waals surface area contributed by atoms with Crippen molar-refractivity contribution in [3.05, 3.63) is 11.9 Å². The molecule has 1 fully saturated rings. The van der Waals surface area contributed by atoms with E-state index in [2.05, 4.69) is 43.3 Å². The van der Waals surface area contributed by atoms with Crippen molar-refractivity contribution >= 4 is 0 Å². The molecule has 0 aromatic carbocycles. The van der Waals surface area contributed by atoms with Crippen LogP contribution in [0.2, 0.25) is 0 Å². The Morgan fingerprint density at radius 2 is 2.10 bits per heavy atom. The van der Waals surface area contributed by atoms with Crippen LogP contribution in [0, 0.1) is 11.8 Å². The molecule has 1 aromatic rings. The van der Waals surface area contributed by atoms with Crippen molar-refractivity contribution in [2.75, 3.05) is 6.54 Å². The Hall–Kier alpha value is -0.940. The average Bonchev–Trinajstić information content (AvgIpc) is 2.90. The molecule has 5 heteroatoms. The van der Waals surface area contributed by atoms with Gasteiger partial charge in [0.25, 0.3) is 0 Å². The lowest BCUT2D eigenvalue weighted by Gasteiger charge is -2.29. The minimum absolute atomic E-state index is 0.297. The standard InChI is InChI=1S/C15H28N4O/c1-6-7-16-14(8-13-9-19(5)18-17-13)15-10(2)11(3)20-12(15)4/h9-12,14-16H,6-8H2,1-5H3. The number of aromatic nitrogens is 3. The van der Waals surface area contributed by atoms with Crippen LogP contribution >= 0.6 is 0 Å². The van der Waals surface area contributed by atoms with E-state index in [0.29, 0.717) is 30.1 Å².